The lowest BCUT2D eigenvalue weighted by atomic mass is 9.56. The maximum Gasteiger partial charge on any atom is 0.407 e. The van der Waals surface area contributed by atoms with E-state index in [1.165, 1.54) is 31.3 Å². The number of fused-ring (bicyclic) bond motifs is 2. The molecule has 1 N–H and O–H groups in total. The summed E-state index contributed by atoms with van der Waals surface area (Å²) in [6.45, 7) is 13.0. The summed E-state index contributed by atoms with van der Waals surface area (Å²) in [5, 5.41) is 2.86. The highest BCUT2D eigenvalue weighted by Crippen LogP contribution is 2.53. The first kappa shape index (κ1) is 22.3. The van der Waals surface area contributed by atoms with E-state index in [1.807, 2.05) is 0 Å². The lowest BCUT2D eigenvalue weighted by molar-refractivity contribution is -0.165. The van der Waals surface area contributed by atoms with E-state index in [9.17, 15) is 4.79 Å². The Bertz CT molecular complexity index is 504. The van der Waals surface area contributed by atoms with Crippen molar-refractivity contribution in [3.8, 4) is 0 Å². The molecule has 0 aromatic heterocycles. The molecule has 4 heteroatoms. The van der Waals surface area contributed by atoms with E-state index in [2.05, 4.69) is 46.0 Å². The van der Waals surface area contributed by atoms with Gasteiger partial charge in [-0.1, -0.05) is 71.4 Å². The lowest BCUT2D eigenvalue weighted by Crippen LogP contribution is -2.57. The normalized spacial score (nSPS) is 32.7. The molecule has 0 saturated carbocycles. The summed E-state index contributed by atoms with van der Waals surface area (Å²) in [6, 6.07) is 0. The number of rotatable bonds is 10. The van der Waals surface area contributed by atoms with E-state index in [0.717, 1.165) is 19.3 Å². The minimum absolute atomic E-state index is 0.105. The van der Waals surface area contributed by atoms with E-state index in [4.69, 9.17) is 9.47 Å². The molecule has 1 saturated heterocycles. The van der Waals surface area contributed by atoms with E-state index >= 15 is 0 Å². The smallest absolute Gasteiger partial charge is 0.407 e. The Labute approximate surface area is 166 Å². The molecule has 0 aromatic rings. The molecule has 2 bridgehead atoms. The monoisotopic (exact) mass is 379 g/mol. The number of carbonyl (C=O) groups is 1. The summed E-state index contributed by atoms with van der Waals surface area (Å²) in [4.78, 5) is 12.1. The summed E-state index contributed by atoms with van der Waals surface area (Å²) in [5.74, 6) is 1.27. The van der Waals surface area contributed by atoms with Gasteiger partial charge in [0.05, 0.1) is 12.7 Å². The van der Waals surface area contributed by atoms with E-state index in [0.29, 0.717) is 43.6 Å². The number of allylic oxidation sites excluding steroid dienone is 1. The Morgan fingerprint density at radius 2 is 1.96 bits per heavy atom. The van der Waals surface area contributed by atoms with Crippen LogP contribution in [0.15, 0.2) is 11.6 Å². The number of carbonyl (C=O) groups excluding carboxylic acids is 1. The molecule has 156 valence electrons. The second-order valence-electron chi connectivity index (χ2n) is 8.80. The molecule has 0 aromatic carbocycles. The lowest BCUT2D eigenvalue weighted by Gasteiger charge is -2.55. The van der Waals surface area contributed by atoms with Crippen molar-refractivity contribution in [3.63, 3.8) is 0 Å². The van der Waals surface area contributed by atoms with E-state index in [1.54, 1.807) is 0 Å². The number of amides is 1. The first-order chi connectivity index (χ1) is 13.0. The molecule has 27 heavy (non-hydrogen) atoms. The predicted molar refractivity (Wildman–Crippen MR) is 111 cm³/mol. The van der Waals surface area contributed by atoms with Crippen LogP contribution in [0.3, 0.4) is 0 Å². The number of unbranched alkanes of at least 4 members (excludes halogenated alkanes) is 4. The molecular formula is C23H41NO3. The van der Waals surface area contributed by atoms with Crippen molar-refractivity contribution < 1.29 is 14.3 Å². The summed E-state index contributed by atoms with van der Waals surface area (Å²) < 4.78 is 12.1. The molecule has 1 aliphatic heterocycles. The van der Waals surface area contributed by atoms with Crippen molar-refractivity contribution >= 4 is 6.09 Å². The first-order valence-electron chi connectivity index (χ1n) is 11.2. The predicted octanol–water partition coefficient (Wildman–Crippen LogP) is 5.72. The van der Waals surface area contributed by atoms with Crippen LogP contribution in [-0.2, 0) is 9.47 Å². The van der Waals surface area contributed by atoms with Crippen molar-refractivity contribution in [1.82, 2.24) is 5.32 Å². The van der Waals surface area contributed by atoms with Crippen LogP contribution >= 0.6 is 0 Å². The molecule has 2 rings (SSSR count). The van der Waals surface area contributed by atoms with Crippen molar-refractivity contribution in [2.45, 2.75) is 85.7 Å². The topological polar surface area (TPSA) is 47.6 Å². The quantitative estimate of drug-likeness (QED) is 0.390. The van der Waals surface area contributed by atoms with Crippen LogP contribution in [0.1, 0.15) is 79.6 Å². The summed E-state index contributed by atoms with van der Waals surface area (Å²) >= 11 is 0. The van der Waals surface area contributed by atoms with Gasteiger partial charge in [-0.3, -0.25) is 0 Å². The minimum Gasteiger partial charge on any atom is -0.449 e. The SMILES string of the molecule is CCCCCC[C@@H]1OC[C@@]2(COC(=O)NCCCC)[C@H](C)C=C(C)[C@@H]1[C@@H]2C. The molecule has 1 fully saturated rings. The van der Waals surface area contributed by atoms with Gasteiger partial charge in [-0.2, -0.15) is 0 Å². The number of alkyl carbamates (subject to hydrolysis) is 1. The second kappa shape index (κ2) is 10.5. The maximum atomic E-state index is 12.1. The number of nitrogens with one attached hydrogen (secondary N) is 1. The van der Waals surface area contributed by atoms with Crippen molar-refractivity contribution in [2.75, 3.05) is 19.8 Å². The third kappa shape index (κ3) is 5.28. The Kier molecular flexibility index (Phi) is 8.65. The molecule has 2 aliphatic rings. The van der Waals surface area contributed by atoms with Gasteiger partial charge >= 0.3 is 6.09 Å². The highest BCUT2D eigenvalue weighted by molar-refractivity contribution is 5.67. The average Bonchev–Trinajstić information content (AvgIpc) is 2.63. The number of ether oxygens (including phenoxy) is 2. The van der Waals surface area contributed by atoms with Crippen molar-refractivity contribution in [2.24, 2.45) is 23.2 Å². The van der Waals surface area contributed by atoms with Crippen LogP contribution in [-0.4, -0.2) is 32.0 Å². The van der Waals surface area contributed by atoms with Gasteiger partial charge in [-0.15, -0.1) is 0 Å². The zero-order valence-corrected chi connectivity index (χ0v) is 18.2. The van der Waals surface area contributed by atoms with Gasteiger partial charge in [0.15, 0.2) is 0 Å². The molecule has 4 nitrogen and oxygen atoms in total. The summed E-state index contributed by atoms with van der Waals surface area (Å²) in [6.07, 6.45) is 10.7. The fraction of sp³-hybridized carbons (Fsp3) is 0.870. The first-order valence-corrected chi connectivity index (χ1v) is 11.2. The van der Waals surface area contributed by atoms with Crippen LogP contribution in [0.5, 0.6) is 0 Å². The average molecular weight is 380 g/mol. The largest absolute Gasteiger partial charge is 0.449 e. The summed E-state index contributed by atoms with van der Waals surface area (Å²) in [7, 11) is 0. The van der Waals surface area contributed by atoms with Gasteiger partial charge in [0.25, 0.3) is 0 Å². The molecular weight excluding hydrogens is 338 g/mol. The van der Waals surface area contributed by atoms with Crippen LogP contribution in [0, 0.1) is 23.2 Å². The van der Waals surface area contributed by atoms with Crippen molar-refractivity contribution in [1.29, 1.82) is 0 Å². The zero-order chi connectivity index (χ0) is 19.9. The molecule has 0 spiro atoms. The van der Waals surface area contributed by atoms with Crippen LogP contribution in [0.4, 0.5) is 4.79 Å². The molecule has 0 unspecified atom stereocenters. The molecule has 1 aliphatic carbocycles. The maximum absolute atomic E-state index is 12.1. The highest BCUT2D eigenvalue weighted by atomic mass is 16.6. The molecule has 1 heterocycles. The highest BCUT2D eigenvalue weighted by Gasteiger charge is 2.53. The number of hydrogen-bond donors (Lipinski definition) is 1. The fourth-order valence-electron chi connectivity index (χ4n) is 5.04. The second-order valence-corrected chi connectivity index (χ2v) is 8.80. The van der Waals surface area contributed by atoms with Crippen LogP contribution < -0.4 is 5.32 Å². The standard InChI is InChI=1S/C23H41NO3/c1-6-8-10-11-12-20-21-17(3)14-18(4)23(15-26-20,19(21)5)16-27-22(25)24-13-9-7-2/h14,18-21H,6-13,15-16H2,1-5H3,(H,24,25)/t18-,19+,20+,21-,23-/m1/s1. The molecule has 1 amide bonds. The Morgan fingerprint density at radius 3 is 2.67 bits per heavy atom. The minimum atomic E-state index is -0.290. The van der Waals surface area contributed by atoms with Gasteiger partial charge in [0, 0.05) is 17.9 Å². The Hall–Kier alpha value is -1.03. The van der Waals surface area contributed by atoms with Gasteiger partial charge in [-0.05, 0) is 31.6 Å². The Balaban J connectivity index is 2.00. The summed E-state index contributed by atoms with van der Waals surface area (Å²) in [5.41, 5.74) is 1.35. The third-order valence-corrected chi connectivity index (χ3v) is 6.97. The van der Waals surface area contributed by atoms with Crippen molar-refractivity contribution in [3.05, 3.63) is 11.6 Å². The third-order valence-electron chi connectivity index (χ3n) is 6.97. The zero-order valence-electron chi connectivity index (χ0n) is 18.2. The van der Waals surface area contributed by atoms with Gasteiger partial charge in [-0.25, -0.2) is 4.79 Å². The molecule has 5 atom stereocenters. The number of hydrogen-bond acceptors (Lipinski definition) is 3. The van der Waals surface area contributed by atoms with Gasteiger partial charge in [0.2, 0.25) is 0 Å². The van der Waals surface area contributed by atoms with E-state index in [-0.39, 0.29) is 11.5 Å². The Morgan fingerprint density at radius 1 is 1.22 bits per heavy atom. The van der Waals surface area contributed by atoms with Gasteiger partial charge < -0.3 is 14.8 Å². The van der Waals surface area contributed by atoms with Crippen LogP contribution in [0.25, 0.3) is 0 Å². The fourth-order valence-corrected chi connectivity index (χ4v) is 5.04. The van der Waals surface area contributed by atoms with Gasteiger partial charge in [0.1, 0.15) is 6.61 Å². The molecule has 0 radical (unpaired) electrons. The van der Waals surface area contributed by atoms with Crippen LogP contribution in [0.2, 0.25) is 0 Å². The van der Waals surface area contributed by atoms with E-state index < -0.39 is 0 Å².